The van der Waals surface area contributed by atoms with Crippen LogP contribution < -0.4 is 10.1 Å². The van der Waals surface area contributed by atoms with Gasteiger partial charge in [-0.3, -0.25) is 0 Å². The van der Waals surface area contributed by atoms with E-state index < -0.39 is 11.5 Å². The molecule has 2 aromatic rings. The molecular formula is C24H30FN3O3. The highest BCUT2D eigenvalue weighted by molar-refractivity contribution is 5.85. The van der Waals surface area contributed by atoms with Crippen molar-refractivity contribution in [1.29, 1.82) is 0 Å². The molecule has 2 aromatic carbocycles. The Hall–Kier alpha value is -2.80. The predicted octanol–water partition coefficient (Wildman–Crippen LogP) is 4.03. The van der Waals surface area contributed by atoms with Gasteiger partial charge in [0.05, 0.1) is 13.2 Å². The molecule has 31 heavy (non-hydrogen) atoms. The molecule has 0 amide bonds. The zero-order valence-corrected chi connectivity index (χ0v) is 18.1. The fourth-order valence-corrected chi connectivity index (χ4v) is 4.00. The van der Waals surface area contributed by atoms with Crippen molar-refractivity contribution in [3.63, 3.8) is 0 Å². The van der Waals surface area contributed by atoms with Gasteiger partial charge in [-0.05, 0) is 29.7 Å². The second-order valence-electron chi connectivity index (χ2n) is 8.68. The van der Waals surface area contributed by atoms with Gasteiger partial charge in [-0.15, -0.1) is 0 Å². The fraction of sp³-hybridized carbons (Fsp3) is 0.458. The minimum atomic E-state index is -0.540. The number of nitrogens with zero attached hydrogens (tertiary/aromatic N) is 2. The first-order chi connectivity index (χ1) is 14.9. The summed E-state index contributed by atoms with van der Waals surface area (Å²) >= 11 is 0. The lowest BCUT2D eigenvalue weighted by molar-refractivity contribution is -0.120. The second-order valence-corrected chi connectivity index (χ2v) is 8.68. The number of amidine groups is 1. The number of aromatic hydroxyl groups is 1. The molecule has 1 saturated heterocycles. The average Bonchev–Trinajstić information content (AvgIpc) is 3.06. The van der Waals surface area contributed by atoms with E-state index in [9.17, 15) is 9.50 Å². The number of nitrogens with one attached hydrogen (secondary N) is 1. The third-order valence-corrected chi connectivity index (χ3v) is 5.75. The SMILES string of the molecule is CC(C)COc1ccc(CC2=NOC3(CCNCC3)N2Cc2ccc(F)cc2O)cc1. The lowest BCUT2D eigenvalue weighted by Gasteiger charge is -2.40. The van der Waals surface area contributed by atoms with Crippen LogP contribution >= 0.6 is 0 Å². The molecule has 2 aliphatic heterocycles. The molecule has 0 atom stereocenters. The summed E-state index contributed by atoms with van der Waals surface area (Å²) < 4.78 is 19.2. The molecule has 0 aromatic heterocycles. The van der Waals surface area contributed by atoms with Crippen molar-refractivity contribution >= 4 is 5.84 Å². The van der Waals surface area contributed by atoms with E-state index >= 15 is 0 Å². The number of hydrogen-bond donors (Lipinski definition) is 2. The molecule has 0 radical (unpaired) electrons. The van der Waals surface area contributed by atoms with Crippen LogP contribution in [0.25, 0.3) is 0 Å². The number of piperidine rings is 1. The minimum Gasteiger partial charge on any atom is -0.507 e. The quantitative estimate of drug-likeness (QED) is 0.698. The lowest BCUT2D eigenvalue weighted by Crippen LogP contribution is -2.54. The Morgan fingerprint density at radius 3 is 2.61 bits per heavy atom. The molecule has 4 rings (SSSR count). The van der Waals surface area contributed by atoms with Crippen molar-refractivity contribution in [1.82, 2.24) is 10.2 Å². The molecule has 0 aliphatic carbocycles. The smallest absolute Gasteiger partial charge is 0.213 e. The van der Waals surface area contributed by atoms with Crippen LogP contribution in [0.2, 0.25) is 0 Å². The van der Waals surface area contributed by atoms with Crippen molar-refractivity contribution in [2.24, 2.45) is 11.1 Å². The fourth-order valence-electron chi connectivity index (χ4n) is 4.00. The molecule has 2 N–H and O–H groups in total. The Bertz CT molecular complexity index is 924. The summed E-state index contributed by atoms with van der Waals surface area (Å²) in [7, 11) is 0. The molecule has 1 fully saturated rings. The van der Waals surface area contributed by atoms with Gasteiger partial charge in [-0.1, -0.05) is 37.2 Å². The zero-order valence-electron chi connectivity index (χ0n) is 18.1. The van der Waals surface area contributed by atoms with Gasteiger partial charge in [0.1, 0.15) is 17.3 Å². The largest absolute Gasteiger partial charge is 0.507 e. The van der Waals surface area contributed by atoms with Crippen LogP contribution in [0, 0.1) is 11.7 Å². The monoisotopic (exact) mass is 427 g/mol. The number of halogens is 1. The summed E-state index contributed by atoms with van der Waals surface area (Å²) in [6.07, 6.45) is 2.16. The summed E-state index contributed by atoms with van der Waals surface area (Å²) in [4.78, 5) is 8.13. The standard InChI is InChI=1S/C24H30FN3O3/c1-17(2)16-30-21-7-3-18(4-8-21)13-23-27-31-24(9-11-26-12-10-24)28(23)15-19-5-6-20(25)14-22(19)29/h3-8,14,17,26,29H,9-13,15-16H2,1-2H3. The number of phenolic OH excluding ortho intramolecular Hbond substituents is 1. The molecule has 2 heterocycles. The summed E-state index contributed by atoms with van der Waals surface area (Å²) in [5.41, 5.74) is 1.20. The minimum absolute atomic E-state index is 0.0537. The maximum atomic E-state index is 13.5. The van der Waals surface area contributed by atoms with Crippen LogP contribution in [-0.4, -0.2) is 41.3 Å². The third kappa shape index (κ3) is 4.93. The second kappa shape index (κ2) is 9.14. The third-order valence-electron chi connectivity index (χ3n) is 5.75. The van der Waals surface area contributed by atoms with Gasteiger partial charge in [0.2, 0.25) is 5.72 Å². The number of hydrogen-bond acceptors (Lipinski definition) is 6. The van der Waals surface area contributed by atoms with E-state index in [4.69, 9.17) is 9.57 Å². The van der Waals surface area contributed by atoms with E-state index in [2.05, 4.69) is 29.2 Å². The van der Waals surface area contributed by atoms with Gasteiger partial charge in [0.15, 0.2) is 5.84 Å². The zero-order chi connectivity index (χ0) is 21.8. The molecule has 166 valence electrons. The Labute approximate surface area is 182 Å². The van der Waals surface area contributed by atoms with E-state index in [1.54, 1.807) is 6.07 Å². The van der Waals surface area contributed by atoms with Gasteiger partial charge in [-0.2, -0.15) is 0 Å². The number of ether oxygens (including phenoxy) is 1. The lowest BCUT2D eigenvalue weighted by atomic mass is 9.97. The van der Waals surface area contributed by atoms with Crippen molar-refractivity contribution in [3.8, 4) is 11.5 Å². The topological polar surface area (TPSA) is 66.3 Å². The highest BCUT2D eigenvalue weighted by atomic mass is 19.1. The van der Waals surface area contributed by atoms with Crippen LogP contribution in [0.5, 0.6) is 11.5 Å². The average molecular weight is 428 g/mol. The van der Waals surface area contributed by atoms with E-state index in [-0.39, 0.29) is 5.75 Å². The van der Waals surface area contributed by atoms with E-state index in [1.807, 2.05) is 24.3 Å². The van der Waals surface area contributed by atoms with Gasteiger partial charge >= 0.3 is 0 Å². The Morgan fingerprint density at radius 2 is 1.94 bits per heavy atom. The van der Waals surface area contributed by atoms with E-state index in [1.165, 1.54) is 6.07 Å². The predicted molar refractivity (Wildman–Crippen MR) is 117 cm³/mol. The molecule has 0 bridgehead atoms. The molecule has 0 unspecified atom stereocenters. The maximum Gasteiger partial charge on any atom is 0.213 e. The van der Waals surface area contributed by atoms with Gasteiger partial charge in [-0.25, -0.2) is 4.39 Å². The van der Waals surface area contributed by atoms with Crippen LogP contribution in [0.15, 0.2) is 47.6 Å². The molecule has 0 saturated carbocycles. The van der Waals surface area contributed by atoms with Gasteiger partial charge in [0, 0.05) is 44.0 Å². The number of oxime groups is 1. The van der Waals surface area contributed by atoms with Crippen LogP contribution in [0.3, 0.4) is 0 Å². The number of benzene rings is 2. The summed E-state index contributed by atoms with van der Waals surface area (Å²) in [6.45, 7) is 6.99. The molecule has 7 heteroatoms. The Balaban J connectivity index is 1.52. The normalized spacial score (nSPS) is 17.7. The molecular weight excluding hydrogens is 397 g/mol. The highest BCUT2D eigenvalue weighted by Crippen LogP contribution is 2.36. The van der Waals surface area contributed by atoms with E-state index in [0.29, 0.717) is 31.1 Å². The molecule has 1 spiro atoms. The summed E-state index contributed by atoms with van der Waals surface area (Å²) in [5.74, 6) is 1.62. The van der Waals surface area contributed by atoms with E-state index in [0.717, 1.165) is 49.1 Å². The maximum absolute atomic E-state index is 13.5. The first kappa shape index (κ1) is 21.4. The molecule has 6 nitrogen and oxygen atoms in total. The first-order valence-electron chi connectivity index (χ1n) is 10.9. The van der Waals surface area contributed by atoms with Crippen LogP contribution in [-0.2, 0) is 17.8 Å². The van der Waals surface area contributed by atoms with Crippen LogP contribution in [0.1, 0.15) is 37.8 Å². The van der Waals surface area contributed by atoms with Gasteiger partial charge in [0.25, 0.3) is 0 Å². The number of rotatable bonds is 7. The van der Waals surface area contributed by atoms with Crippen LogP contribution in [0.4, 0.5) is 4.39 Å². The Kier molecular flexibility index (Phi) is 6.32. The summed E-state index contributed by atoms with van der Waals surface area (Å²) in [6, 6.07) is 12.2. The Morgan fingerprint density at radius 1 is 1.19 bits per heavy atom. The number of phenols is 1. The van der Waals surface area contributed by atoms with Crippen molar-refractivity contribution < 1.29 is 19.1 Å². The van der Waals surface area contributed by atoms with Crippen molar-refractivity contribution in [3.05, 3.63) is 59.4 Å². The highest BCUT2D eigenvalue weighted by Gasteiger charge is 2.46. The first-order valence-corrected chi connectivity index (χ1v) is 10.9. The van der Waals surface area contributed by atoms with Crippen molar-refractivity contribution in [2.75, 3.05) is 19.7 Å². The van der Waals surface area contributed by atoms with Crippen molar-refractivity contribution in [2.45, 2.75) is 45.4 Å². The summed E-state index contributed by atoms with van der Waals surface area (Å²) in [5, 5.41) is 18.1. The molecule has 2 aliphatic rings. The van der Waals surface area contributed by atoms with Gasteiger partial charge < -0.3 is 24.9 Å².